The zero-order chi connectivity index (χ0) is 20.9. The molecular formula is C24H27N5O2. The zero-order valence-electron chi connectivity index (χ0n) is 17.5. The van der Waals surface area contributed by atoms with Gasteiger partial charge in [0.25, 0.3) is 0 Å². The van der Waals surface area contributed by atoms with Crippen LogP contribution in [0.3, 0.4) is 0 Å². The number of nitrogens with zero attached hydrogens (tertiary/aromatic N) is 4. The van der Waals surface area contributed by atoms with E-state index in [-0.39, 0.29) is 5.69 Å². The number of fused-ring (bicyclic) bond motifs is 2. The second-order valence-corrected chi connectivity index (χ2v) is 9.13. The lowest BCUT2D eigenvalue weighted by Gasteiger charge is -2.37. The smallest absolute Gasteiger partial charge is 0.354 e. The molecule has 0 amide bonds. The molecule has 0 radical (unpaired) electrons. The maximum Gasteiger partial charge on any atom is 0.354 e. The van der Waals surface area contributed by atoms with Crippen LogP contribution in [0.15, 0.2) is 36.4 Å². The van der Waals surface area contributed by atoms with Gasteiger partial charge in [-0.05, 0) is 56.3 Å². The third-order valence-corrected chi connectivity index (χ3v) is 7.35. The van der Waals surface area contributed by atoms with E-state index in [9.17, 15) is 9.90 Å². The molecule has 3 fully saturated rings. The number of carboxylic acids is 1. The molecule has 7 heteroatoms. The summed E-state index contributed by atoms with van der Waals surface area (Å²) >= 11 is 0. The number of para-hydroxylation sites is 1. The van der Waals surface area contributed by atoms with Gasteiger partial charge in [-0.2, -0.15) is 5.10 Å². The number of anilines is 1. The highest BCUT2D eigenvalue weighted by atomic mass is 16.4. The van der Waals surface area contributed by atoms with Crippen molar-refractivity contribution in [2.45, 2.75) is 44.1 Å². The fourth-order valence-electron chi connectivity index (χ4n) is 5.46. The highest BCUT2D eigenvalue weighted by Gasteiger charge is 2.35. The molecule has 2 aromatic heterocycles. The Balaban J connectivity index is 1.56. The van der Waals surface area contributed by atoms with E-state index in [1.807, 2.05) is 35.0 Å². The number of hydrogen-bond donors (Lipinski definition) is 2. The summed E-state index contributed by atoms with van der Waals surface area (Å²) in [4.78, 5) is 19.0. The van der Waals surface area contributed by atoms with E-state index >= 15 is 0 Å². The predicted octanol–water partition coefficient (Wildman–Crippen LogP) is 3.57. The number of nitrogens with one attached hydrogen (secondary N) is 1. The van der Waals surface area contributed by atoms with Crippen molar-refractivity contribution in [1.29, 1.82) is 0 Å². The predicted molar refractivity (Wildman–Crippen MR) is 119 cm³/mol. The van der Waals surface area contributed by atoms with Crippen LogP contribution in [-0.2, 0) is 0 Å². The van der Waals surface area contributed by atoms with Crippen molar-refractivity contribution in [2.24, 2.45) is 5.92 Å². The Morgan fingerprint density at radius 2 is 1.97 bits per heavy atom. The molecule has 1 aliphatic carbocycles. The van der Waals surface area contributed by atoms with Crippen LogP contribution in [-0.4, -0.2) is 51.5 Å². The van der Waals surface area contributed by atoms with Crippen LogP contribution >= 0.6 is 0 Å². The quantitative estimate of drug-likeness (QED) is 0.675. The number of pyridine rings is 1. The van der Waals surface area contributed by atoms with Crippen LogP contribution in [0, 0.1) is 5.92 Å². The second kappa shape index (κ2) is 7.34. The van der Waals surface area contributed by atoms with E-state index in [0.717, 1.165) is 61.4 Å². The van der Waals surface area contributed by atoms with E-state index in [4.69, 9.17) is 5.10 Å². The number of hydrogen-bond acceptors (Lipinski definition) is 5. The Bertz CT molecular complexity index is 1140. The first kappa shape index (κ1) is 18.8. The van der Waals surface area contributed by atoms with Gasteiger partial charge >= 0.3 is 5.97 Å². The highest BCUT2D eigenvalue weighted by Crippen LogP contribution is 2.43. The van der Waals surface area contributed by atoms with Gasteiger partial charge in [-0.15, -0.1) is 0 Å². The molecule has 31 heavy (non-hydrogen) atoms. The first-order chi connectivity index (χ1) is 15.2. The Hall–Kier alpha value is -2.93. The van der Waals surface area contributed by atoms with Gasteiger partial charge in [-0.1, -0.05) is 24.6 Å². The molecule has 160 valence electrons. The molecule has 6 rings (SSSR count). The number of carbonyl (C=O) groups is 1. The molecule has 0 spiro atoms. The first-order valence-electron chi connectivity index (χ1n) is 11.4. The van der Waals surface area contributed by atoms with Crippen LogP contribution in [0.4, 0.5) is 5.69 Å². The zero-order valence-corrected chi connectivity index (χ0v) is 17.5. The normalized spacial score (nSPS) is 23.7. The summed E-state index contributed by atoms with van der Waals surface area (Å²) in [7, 11) is 0. The van der Waals surface area contributed by atoms with Gasteiger partial charge in [0.1, 0.15) is 0 Å². The van der Waals surface area contributed by atoms with E-state index in [1.165, 1.54) is 12.8 Å². The van der Waals surface area contributed by atoms with E-state index < -0.39 is 5.97 Å². The lowest BCUT2D eigenvalue weighted by Crippen LogP contribution is -2.44. The van der Waals surface area contributed by atoms with Crippen molar-refractivity contribution in [3.63, 3.8) is 0 Å². The number of aromatic carboxylic acids is 1. The molecule has 1 aromatic carbocycles. The van der Waals surface area contributed by atoms with Crippen LogP contribution < -0.4 is 10.2 Å². The summed E-state index contributed by atoms with van der Waals surface area (Å²) in [5.41, 5.74) is 3.74. The van der Waals surface area contributed by atoms with Crippen LogP contribution in [0.5, 0.6) is 0 Å². The largest absolute Gasteiger partial charge is 0.477 e. The molecule has 3 aliphatic rings. The number of rotatable bonds is 4. The Morgan fingerprint density at radius 3 is 2.71 bits per heavy atom. The molecule has 2 saturated heterocycles. The van der Waals surface area contributed by atoms with Crippen molar-refractivity contribution in [3.8, 4) is 5.69 Å². The number of piperidine rings is 1. The topological polar surface area (TPSA) is 83.3 Å². The average Bonchev–Trinajstić information content (AvgIpc) is 3.37. The SMILES string of the molecule is O=C(O)c1cc(N2CCC3NCCC3C2)c2c(C3CCC3)nn(-c3ccccc3)c2n1. The van der Waals surface area contributed by atoms with Gasteiger partial charge < -0.3 is 15.3 Å². The summed E-state index contributed by atoms with van der Waals surface area (Å²) in [6, 6.07) is 12.3. The summed E-state index contributed by atoms with van der Waals surface area (Å²) in [5.74, 6) is 0.0440. The van der Waals surface area contributed by atoms with Crippen LogP contribution in [0.2, 0.25) is 0 Å². The van der Waals surface area contributed by atoms with Crippen molar-refractivity contribution in [1.82, 2.24) is 20.1 Å². The molecule has 2 N–H and O–H groups in total. The van der Waals surface area contributed by atoms with Crippen LogP contribution in [0.1, 0.15) is 54.2 Å². The average molecular weight is 418 g/mol. The molecule has 2 atom stereocenters. The molecule has 0 bridgehead atoms. The van der Waals surface area contributed by atoms with E-state index in [1.54, 1.807) is 6.07 Å². The Kier molecular flexibility index (Phi) is 4.45. The van der Waals surface area contributed by atoms with Gasteiger partial charge in [-0.3, -0.25) is 0 Å². The van der Waals surface area contributed by atoms with Crippen molar-refractivity contribution in [2.75, 3.05) is 24.5 Å². The minimum absolute atomic E-state index is 0.0893. The summed E-state index contributed by atoms with van der Waals surface area (Å²) in [6.45, 7) is 2.96. The standard InChI is InChI=1S/C24H27N5O2/c30-24(31)19-13-20(28-12-10-18-16(14-28)9-11-25-18)21-22(15-5-4-6-15)27-29(23(21)26-19)17-7-2-1-3-8-17/h1-3,7-8,13,15-16,18,25H,4-6,9-12,14H2,(H,30,31). The van der Waals surface area contributed by atoms with Gasteiger partial charge in [0.2, 0.25) is 0 Å². The minimum Gasteiger partial charge on any atom is -0.477 e. The summed E-state index contributed by atoms with van der Waals surface area (Å²) in [6.07, 6.45) is 5.76. The summed E-state index contributed by atoms with van der Waals surface area (Å²) < 4.78 is 1.85. The second-order valence-electron chi connectivity index (χ2n) is 9.13. The lowest BCUT2D eigenvalue weighted by molar-refractivity contribution is 0.0691. The van der Waals surface area contributed by atoms with Gasteiger partial charge in [0, 0.05) is 25.0 Å². The first-order valence-corrected chi connectivity index (χ1v) is 11.4. The maximum atomic E-state index is 12.0. The van der Waals surface area contributed by atoms with Gasteiger partial charge in [-0.25, -0.2) is 14.5 Å². The third-order valence-electron chi connectivity index (χ3n) is 7.35. The molecule has 4 heterocycles. The van der Waals surface area contributed by atoms with Gasteiger partial charge in [0.05, 0.1) is 22.5 Å². The number of benzene rings is 1. The van der Waals surface area contributed by atoms with Crippen molar-refractivity contribution in [3.05, 3.63) is 47.8 Å². The van der Waals surface area contributed by atoms with E-state index in [2.05, 4.69) is 15.2 Å². The molecule has 2 aliphatic heterocycles. The fourth-order valence-corrected chi connectivity index (χ4v) is 5.46. The molecule has 2 unspecified atom stereocenters. The van der Waals surface area contributed by atoms with Crippen LogP contribution in [0.25, 0.3) is 16.7 Å². The minimum atomic E-state index is -0.994. The third kappa shape index (κ3) is 3.10. The van der Waals surface area contributed by atoms with E-state index in [0.29, 0.717) is 23.5 Å². The molecule has 1 saturated carbocycles. The highest BCUT2D eigenvalue weighted by molar-refractivity contribution is 5.98. The number of carboxylic acid groups (broad SMARTS) is 1. The fraction of sp³-hybridized carbons (Fsp3) is 0.458. The monoisotopic (exact) mass is 417 g/mol. The summed E-state index contributed by atoms with van der Waals surface area (Å²) in [5, 5.41) is 19.5. The lowest BCUT2D eigenvalue weighted by atomic mass is 9.81. The molecular weight excluding hydrogens is 390 g/mol. The van der Waals surface area contributed by atoms with Crippen molar-refractivity contribution >= 4 is 22.7 Å². The van der Waals surface area contributed by atoms with Crippen molar-refractivity contribution < 1.29 is 9.90 Å². The maximum absolute atomic E-state index is 12.0. The Morgan fingerprint density at radius 1 is 1.13 bits per heavy atom. The molecule has 3 aromatic rings. The van der Waals surface area contributed by atoms with Gasteiger partial charge in [0.15, 0.2) is 11.3 Å². The molecule has 7 nitrogen and oxygen atoms in total. The number of aromatic nitrogens is 3. The Labute approximate surface area is 181 Å².